The smallest absolute Gasteiger partial charge is 0.0723 e. The molecule has 0 spiro atoms. The van der Waals surface area contributed by atoms with Crippen LogP contribution in [0.5, 0.6) is 0 Å². The summed E-state index contributed by atoms with van der Waals surface area (Å²) < 4.78 is 2.41. The van der Waals surface area contributed by atoms with Crippen molar-refractivity contribution in [1.82, 2.24) is 9.55 Å². The topological polar surface area (TPSA) is 17.8 Å². The summed E-state index contributed by atoms with van der Waals surface area (Å²) in [7, 11) is 0. The van der Waals surface area contributed by atoms with Gasteiger partial charge in [-0.3, -0.25) is 4.98 Å². The summed E-state index contributed by atoms with van der Waals surface area (Å²) in [6.45, 7) is 0. The molecule has 0 N–H and O–H groups in total. The maximum Gasteiger partial charge on any atom is 0.0723 e. The molecule has 0 aliphatic heterocycles. The molecular formula is C53H34N2. The van der Waals surface area contributed by atoms with E-state index in [1.807, 2.05) is 0 Å². The van der Waals surface area contributed by atoms with E-state index in [0.29, 0.717) is 0 Å². The lowest BCUT2D eigenvalue weighted by Gasteiger charge is -2.18. The van der Waals surface area contributed by atoms with Crippen LogP contribution in [0.25, 0.3) is 104 Å². The quantitative estimate of drug-likeness (QED) is 0.164. The van der Waals surface area contributed by atoms with Crippen LogP contribution in [0.4, 0.5) is 0 Å². The number of aromatic nitrogens is 2. The van der Waals surface area contributed by atoms with Crippen LogP contribution in [-0.2, 0) is 0 Å². The highest BCUT2D eigenvalue weighted by Crippen LogP contribution is 2.45. The largest absolute Gasteiger partial charge is 0.309 e. The molecule has 0 aliphatic carbocycles. The summed E-state index contributed by atoms with van der Waals surface area (Å²) >= 11 is 0. The molecule has 256 valence electrons. The van der Waals surface area contributed by atoms with E-state index < -0.39 is 0 Å². The SMILES string of the molecule is c1ccc(-c2ccc(-c3c4ccccc4c(-c4ccc(-c5cccc6c7cc8ccccc8cc7n(-c7ccccc7)c56)nc4)c4ccccc34)cc2)cc1. The lowest BCUT2D eigenvalue weighted by Crippen LogP contribution is -1.96. The van der Waals surface area contributed by atoms with Crippen molar-refractivity contribution in [2.45, 2.75) is 0 Å². The Bertz CT molecular complexity index is 3160. The van der Waals surface area contributed by atoms with E-state index in [-0.39, 0.29) is 0 Å². The van der Waals surface area contributed by atoms with Gasteiger partial charge in [0.2, 0.25) is 0 Å². The second-order valence-corrected chi connectivity index (χ2v) is 14.3. The van der Waals surface area contributed by atoms with Gasteiger partial charge in [-0.1, -0.05) is 170 Å². The Morgan fingerprint density at radius 2 is 0.855 bits per heavy atom. The van der Waals surface area contributed by atoms with Crippen LogP contribution in [0.3, 0.4) is 0 Å². The van der Waals surface area contributed by atoms with Crippen molar-refractivity contribution in [3.05, 3.63) is 206 Å². The maximum atomic E-state index is 5.25. The molecule has 11 rings (SSSR count). The lowest BCUT2D eigenvalue weighted by atomic mass is 9.86. The van der Waals surface area contributed by atoms with Crippen LogP contribution < -0.4 is 0 Å². The van der Waals surface area contributed by atoms with Crippen LogP contribution in [0.1, 0.15) is 0 Å². The van der Waals surface area contributed by atoms with Gasteiger partial charge in [0.15, 0.2) is 0 Å². The molecular weight excluding hydrogens is 665 g/mol. The number of nitrogens with zero attached hydrogens (tertiary/aromatic N) is 2. The highest BCUT2D eigenvalue weighted by molar-refractivity contribution is 6.21. The Kier molecular flexibility index (Phi) is 7.21. The minimum atomic E-state index is 0.947. The molecule has 55 heavy (non-hydrogen) atoms. The molecule has 0 saturated heterocycles. The van der Waals surface area contributed by atoms with Gasteiger partial charge in [-0.05, 0) is 90.5 Å². The lowest BCUT2D eigenvalue weighted by molar-refractivity contribution is 1.18. The molecule has 2 heteroatoms. The van der Waals surface area contributed by atoms with Crippen LogP contribution in [0, 0.1) is 0 Å². The summed E-state index contributed by atoms with van der Waals surface area (Å²) in [5.74, 6) is 0. The number of benzene rings is 9. The van der Waals surface area contributed by atoms with Crippen molar-refractivity contribution in [2.24, 2.45) is 0 Å². The van der Waals surface area contributed by atoms with E-state index >= 15 is 0 Å². The molecule has 0 unspecified atom stereocenters. The van der Waals surface area contributed by atoms with Gasteiger partial charge in [0, 0.05) is 33.8 Å². The fourth-order valence-corrected chi connectivity index (χ4v) is 8.71. The Morgan fingerprint density at radius 3 is 1.49 bits per heavy atom. The third-order valence-corrected chi connectivity index (χ3v) is 11.2. The standard InChI is InChI=1S/C53H34N2/c1-3-14-35(15-4-1)36-26-28-37(29-27-36)51-42-20-9-11-22-44(42)52(45-23-12-10-21-43(45)51)40-30-31-49(54-34-40)47-25-13-24-46-48-32-38-16-7-8-17-39(38)33-50(48)55(53(46)47)41-18-5-2-6-19-41/h1-34H. The van der Waals surface area contributed by atoms with Crippen molar-refractivity contribution >= 4 is 54.1 Å². The average molecular weight is 699 g/mol. The molecule has 2 aromatic heterocycles. The highest BCUT2D eigenvalue weighted by atomic mass is 15.0. The Balaban J connectivity index is 1.09. The number of hydrogen-bond donors (Lipinski definition) is 0. The Morgan fingerprint density at radius 1 is 0.345 bits per heavy atom. The molecule has 0 radical (unpaired) electrons. The number of rotatable bonds is 5. The normalized spacial score (nSPS) is 11.6. The fraction of sp³-hybridized carbons (Fsp3) is 0. The highest BCUT2D eigenvalue weighted by Gasteiger charge is 2.20. The minimum absolute atomic E-state index is 0.947. The van der Waals surface area contributed by atoms with Crippen LogP contribution in [0.2, 0.25) is 0 Å². The summed E-state index contributed by atoms with van der Waals surface area (Å²) in [5, 5.41) is 9.83. The zero-order chi connectivity index (χ0) is 36.3. The first-order chi connectivity index (χ1) is 27.3. The predicted octanol–water partition coefficient (Wildman–Crippen LogP) is 14.3. The number of fused-ring (bicyclic) bond motifs is 6. The van der Waals surface area contributed by atoms with Crippen LogP contribution >= 0.6 is 0 Å². The van der Waals surface area contributed by atoms with E-state index in [1.165, 1.54) is 76.4 Å². The molecule has 11 aromatic rings. The van der Waals surface area contributed by atoms with Gasteiger partial charge in [0.1, 0.15) is 0 Å². The van der Waals surface area contributed by atoms with Gasteiger partial charge in [0.25, 0.3) is 0 Å². The average Bonchev–Trinajstić information content (AvgIpc) is 3.59. The van der Waals surface area contributed by atoms with E-state index in [1.54, 1.807) is 0 Å². The van der Waals surface area contributed by atoms with Crippen molar-refractivity contribution in [3.63, 3.8) is 0 Å². The monoisotopic (exact) mass is 698 g/mol. The molecule has 9 aromatic carbocycles. The molecule has 2 heterocycles. The first-order valence-electron chi connectivity index (χ1n) is 18.9. The third kappa shape index (κ3) is 5.07. The number of pyridine rings is 1. The van der Waals surface area contributed by atoms with Crippen LogP contribution in [-0.4, -0.2) is 9.55 Å². The summed E-state index contributed by atoms with van der Waals surface area (Å²) in [6.07, 6.45) is 2.07. The van der Waals surface area contributed by atoms with Crippen molar-refractivity contribution in [1.29, 1.82) is 0 Å². The maximum absolute atomic E-state index is 5.25. The van der Waals surface area contributed by atoms with Gasteiger partial charge in [0.05, 0.1) is 16.7 Å². The number of para-hydroxylation sites is 2. The molecule has 0 amide bonds. The summed E-state index contributed by atoms with van der Waals surface area (Å²) in [5.41, 5.74) is 12.8. The van der Waals surface area contributed by atoms with Gasteiger partial charge >= 0.3 is 0 Å². The minimum Gasteiger partial charge on any atom is -0.309 e. The van der Waals surface area contributed by atoms with Crippen LogP contribution in [0.15, 0.2) is 206 Å². The molecule has 0 aliphatic rings. The molecule has 0 saturated carbocycles. The van der Waals surface area contributed by atoms with Gasteiger partial charge in [-0.25, -0.2) is 0 Å². The summed E-state index contributed by atoms with van der Waals surface area (Å²) in [4.78, 5) is 5.25. The Labute approximate surface area is 319 Å². The second-order valence-electron chi connectivity index (χ2n) is 14.3. The third-order valence-electron chi connectivity index (χ3n) is 11.2. The zero-order valence-electron chi connectivity index (χ0n) is 30.0. The summed E-state index contributed by atoms with van der Waals surface area (Å²) in [6, 6.07) is 72.3. The van der Waals surface area contributed by atoms with Gasteiger partial charge in [-0.15, -0.1) is 0 Å². The molecule has 2 nitrogen and oxygen atoms in total. The first kappa shape index (κ1) is 31.3. The van der Waals surface area contributed by atoms with Crippen molar-refractivity contribution in [2.75, 3.05) is 0 Å². The zero-order valence-corrected chi connectivity index (χ0v) is 30.0. The van der Waals surface area contributed by atoms with E-state index in [9.17, 15) is 0 Å². The predicted molar refractivity (Wildman–Crippen MR) is 233 cm³/mol. The second kappa shape index (κ2) is 12.7. The van der Waals surface area contributed by atoms with E-state index in [0.717, 1.165) is 28.0 Å². The van der Waals surface area contributed by atoms with E-state index in [2.05, 4.69) is 211 Å². The van der Waals surface area contributed by atoms with Crippen molar-refractivity contribution in [3.8, 4) is 50.3 Å². The van der Waals surface area contributed by atoms with Crippen molar-refractivity contribution < 1.29 is 0 Å². The fourth-order valence-electron chi connectivity index (χ4n) is 8.71. The first-order valence-corrected chi connectivity index (χ1v) is 18.9. The number of hydrogen-bond acceptors (Lipinski definition) is 1. The Hall–Kier alpha value is -7.29. The van der Waals surface area contributed by atoms with E-state index in [4.69, 9.17) is 4.98 Å². The van der Waals surface area contributed by atoms with Gasteiger partial charge in [-0.2, -0.15) is 0 Å². The van der Waals surface area contributed by atoms with Gasteiger partial charge < -0.3 is 4.57 Å². The molecule has 0 atom stereocenters. The molecule has 0 fully saturated rings. The molecule has 0 bridgehead atoms.